The van der Waals surface area contributed by atoms with Crippen molar-refractivity contribution in [3.8, 4) is 11.4 Å². The summed E-state index contributed by atoms with van der Waals surface area (Å²) in [6.45, 7) is 6.46. The van der Waals surface area contributed by atoms with Gasteiger partial charge in [-0.25, -0.2) is 4.68 Å². The van der Waals surface area contributed by atoms with Crippen molar-refractivity contribution in [1.29, 1.82) is 0 Å². The molecule has 1 aromatic carbocycles. The van der Waals surface area contributed by atoms with Gasteiger partial charge in [0.2, 0.25) is 0 Å². The lowest BCUT2D eigenvalue weighted by Crippen LogP contribution is -2.05. The van der Waals surface area contributed by atoms with Gasteiger partial charge >= 0.3 is 0 Å². The molecule has 1 fully saturated rings. The van der Waals surface area contributed by atoms with E-state index in [0.717, 1.165) is 29.1 Å². The summed E-state index contributed by atoms with van der Waals surface area (Å²) < 4.78 is 1.94. The average molecular weight is 243 g/mol. The largest absolute Gasteiger partial charge is 0.399 e. The van der Waals surface area contributed by atoms with E-state index >= 15 is 0 Å². The molecule has 1 heterocycles. The Labute approximate surface area is 106 Å². The number of hydrogen-bond donors (Lipinski definition) is 1. The van der Waals surface area contributed by atoms with Crippen LogP contribution in [0.1, 0.15) is 31.9 Å². The molecule has 94 valence electrons. The quantitative estimate of drug-likeness (QED) is 0.821. The smallest absolute Gasteiger partial charge is 0.182 e. The molecule has 1 unspecified atom stereocenters. The fraction of sp³-hybridized carbons (Fsp3) is 0.462. The standard InChI is InChI=1S/C13H17N5/c1-8-6-9(4-5-10(8)14)12-15-16-17-18(12)11-7-13(11,2)3/h4-6,11H,7,14H2,1-3H3. The Morgan fingerprint density at radius 3 is 2.72 bits per heavy atom. The molecule has 1 aliphatic rings. The van der Waals surface area contributed by atoms with Gasteiger partial charge < -0.3 is 5.73 Å². The van der Waals surface area contributed by atoms with Crippen LogP contribution in [0.5, 0.6) is 0 Å². The third-order valence-electron chi connectivity index (χ3n) is 3.78. The molecule has 1 saturated carbocycles. The van der Waals surface area contributed by atoms with Crippen LogP contribution in [0.25, 0.3) is 11.4 Å². The molecular weight excluding hydrogens is 226 g/mol. The maximum atomic E-state index is 5.84. The molecule has 2 N–H and O–H groups in total. The molecule has 5 nitrogen and oxygen atoms in total. The van der Waals surface area contributed by atoms with Gasteiger partial charge in [-0.15, -0.1) is 5.10 Å². The van der Waals surface area contributed by atoms with Gasteiger partial charge in [0.15, 0.2) is 5.82 Å². The first-order valence-corrected chi connectivity index (χ1v) is 6.13. The Balaban J connectivity index is 2.02. The molecule has 5 heteroatoms. The lowest BCUT2D eigenvalue weighted by atomic mass is 10.1. The number of tetrazole rings is 1. The fourth-order valence-electron chi connectivity index (χ4n) is 2.27. The Morgan fingerprint density at radius 1 is 1.39 bits per heavy atom. The van der Waals surface area contributed by atoms with E-state index in [1.54, 1.807) is 0 Å². The summed E-state index contributed by atoms with van der Waals surface area (Å²) in [5.41, 5.74) is 9.01. The highest BCUT2D eigenvalue weighted by Crippen LogP contribution is 2.55. The van der Waals surface area contributed by atoms with Crippen molar-refractivity contribution in [3.05, 3.63) is 23.8 Å². The molecular formula is C13H17N5. The van der Waals surface area contributed by atoms with E-state index in [2.05, 4.69) is 29.4 Å². The predicted octanol–water partition coefficient (Wildman–Crippen LogP) is 2.20. The van der Waals surface area contributed by atoms with Crippen molar-refractivity contribution in [2.45, 2.75) is 33.2 Å². The van der Waals surface area contributed by atoms with Crippen molar-refractivity contribution in [3.63, 3.8) is 0 Å². The topological polar surface area (TPSA) is 69.6 Å². The van der Waals surface area contributed by atoms with Gasteiger partial charge in [0.05, 0.1) is 6.04 Å². The first-order chi connectivity index (χ1) is 8.49. The summed E-state index contributed by atoms with van der Waals surface area (Å²) in [4.78, 5) is 0. The molecule has 18 heavy (non-hydrogen) atoms. The summed E-state index contributed by atoms with van der Waals surface area (Å²) in [5, 5.41) is 12.1. The second-order valence-corrected chi connectivity index (χ2v) is 5.73. The van der Waals surface area contributed by atoms with Crippen LogP contribution >= 0.6 is 0 Å². The molecule has 1 aromatic heterocycles. The van der Waals surface area contributed by atoms with Gasteiger partial charge in [-0.2, -0.15) is 0 Å². The van der Waals surface area contributed by atoms with Crippen LogP contribution < -0.4 is 5.73 Å². The summed E-state index contributed by atoms with van der Waals surface area (Å²) in [6.07, 6.45) is 1.12. The Kier molecular flexibility index (Phi) is 2.20. The molecule has 2 aromatic rings. The van der Waals surface area contributed by atoms with Crippen LogP contribution in [0.15, 0.2) is 18.2 Å². The van der Waals surface area contributed by atoms with Crippen molar-refractivity contribution in [2.75, 3.05) is 5.73 Å². The average Bonchev–Trinajstić information content (AvgIpc) is 2.77. The van der Waals surface area contributed by atoms with Gasteiger partial charge in [0.25, 0.3) is 0 Å². The van der Waals surface area contributed by atoms with Crippen molar-refractivity contribution in [2.24, 2.45) is 5.41 Å². The number of nitrogen functional groups attached to an aromatic ring is 1. The van der Waals surface area contributed by atoms with E-state index in [4.69, 9.17) is 5.73 Å². The van der Waals surface area contributed by atoms with Gasteiger partial charge in [-0.05, 0) is 52.9 Å². The van der Waals surface area contributed by atoms with E-state index in [-0.39, 0.29) is 0 Å². The zero-order valence-electron chi connectivity index (χ0n) is 10.9. The normalized spacial score (nSPS) is 20.9. The number of benzene rings is 1. The zero-order chi connectivity index (χ0) is 12.9. The van der Waals surface area contributed by atoms with E-state index in [0.29, 0.717) is 11.5 Å². The van der Waals surface area contributed by atoms with Gasteiger partial charge in [-0.3, -0.25) is 0 Å². The van der Waals surface area contributed by atoms with Crippen LogP contribution in [-0.2, 0) is 0 Å². The van der Waals surface area contributed by atoms with Gasteiger partial charge in [-0.1, -0.05) is 13.8 Å². The number of aromatic nitrogens is 4. The highest BCUT2D eigenvalue weighted by atomic mass is 15.6. The second kappa shape index (κ2) is 3.54. The van der Waals surface area contributed by atoms with Crippen LogP contribution in [0.3, 0.4) is 0 Å². The van der Waals surface area contributed by atoms with Crippen LogP contribution in [0.2, 0.25) is 0 Å². The molecule has 0 radical (unpaired) electrons. The van der Waals surface area contributed by atoms with Gasteiger partial charge in [0, 0.05) is 11.3 Å². The molecule has 0 spiro atoms. The first-order valence-electron chi connectivity index (χ1n) is 6.13. The maximum absolute atomic E-state index is 5.84. The fourth-order valence-corrected chi connectivity index (χ4v) is 2.27. The first kappa shape index (κ1) is 11.2. The monoisotopic (exact) mass is 243 g/mol. The molecule has 1 atom stereocenters. The number of anilines is 1. The molecule has 3 rings (SSSR count). The molecule has 0 saturated heterocycles. The lowest BCUT2D eigenvalue weighted by molar-refractivity contribution is 0.497. The molecule has 0 amide bonds. The molecule has 1 aliphatic carbocycles. The number of aryl methyl sites for hydroxylation is 1. The van der Waals surface area contributed by atoms with Crippen LogP contribution in [0.4, 0.5) is 5.69 Å². The Bertz CT molecular complexity index is 599. The van der Waals surface area contributed by atoms with Crippen molar-refractivity contribution >= 4 is 5.69 Å². The number of nitrogens with two attached hydrogens (primary N) is 1. The minimum Gasteiger partial charge on any atom is -0.399 e. The second-order valence-electron chi connectivity index (χ2n) is 5.73. The SMILES string of the molecule is Cc1cc(-c2nnnn2C2CC2(C)C)ccc1N. The van der Waals surface area contributed by atoms with E-state index in [1.165, 1.54) is 0 Å². The van der Waals surface area contributed by atoms with E-state index < -0.39 is 0 Å². The van der Waals surface area contributed by atoms with Crippen LogP contribution in [0, 0.1) is 12.3 Å². The summed E-state index contributed by atoms with van der Waals surface area (Å²) in [6, 6.07) is 6.31. The van der Waals surface area contributed by atoms with Gasteiger partial charge in [0.1, 0.15) is 0 Å². The highest BCUT2D eigenvalue weighted by molar-refractivity contribution is 5.62. The number of nitrogens with zero attached hydrogens (tertiary/aromatic N) is 4. The third kappa shape index (κ3) is 1.66. The Hall–Kier alpha value is -1.91. The number of hydrogen-bond acceptors (Lipinski definition) is 4. The minimum atomic E-state index is 0.299. The lowest BCUT2D eigenvalue weighted by Gasteiger charge is -2.07. The summed E-state index contributed by atoms with van der Waals surface area (Å²) in [7, 11) is 0. The Morgan fingerprint density at radius 2 is 2.11 bits per heavy atom. The molecule has 0 aliphatic heterocycles. The van der Waals surface area contributed by atoms with E-state index in [1.807, 2.05) is 29.8 Å². The highest BCUT2D eigenvalue weighted by Gasteiger charge is 2.49. The summed E-state index contributed by atoms with van der Waals surface area (Å²) in [5.74, 6) is 0.827. The molecule has 0 bridgehead atoms. The predicted molar refractivity (Wildman–Crippen MR) is 69.8 cm³/mol. The van der Waals surface area contributed by atoms with Crippen molar-refractivity contribution < 1.29 is 0 Å². The summed E-state index contributed by atoms with van der Waals surface area (Å²) >= 11 is 0. The van der Waals surface area contributed by atoms with Crippen molar-refractivity contribution in [1.82, 2.24) is 20.2 Å². The van der Waals surface area contributed by atoms with Crippen LogP contribution in [-0.4, -0.2) is 20.2 Å². The zero-order valence-corrected chi connectivity index (χ0v) is 10.9. The minimum absolute atomic E-state index is 0.299. The van der Waals surface area contributed by atoms with E-state index in [9.17, 15) is 0 Å². The maximum Gasteiger partial charge on any atom is 0.182 e. The third-order valence-corrected chi connectivity index (χ3v) is 3.78. The number of rotatable bonds is 2.